The van der Waals surface area contributed by atoms with Crippen molar-refractivity contribution in [1.29, 1.82) is 0 Å². The van der Waals surface area contributed by atoms with E-state index in [-0.39, 0.29) is 11.9 Å². The van der Waals surface area contributed by atoms with Crippen molar-refractivity contribution >= 4 is 0 Å². The zero-order valence-corrected chi connectivity index (χ0v) is 13.8. The highest BCUT2D eigenvalue weighted by Gasteiger charge is 2.08. The van der Waals surface area contributed by atoms with Crippen molar-refractivity contribution in [1.82, 2.24) is 5.32 Å². The molecule has 0 amide bonds. The minimum atomic E-state index is -0.139. The average Bonchev–Trinajstić information content (AvgIpc) is 2.49. The van der Waals surface area contributed by atoms with Gasteiger partial charge in [-0.3, -0.25) is 0 Å². The summed E-state index contributed by atoms with van der Waals surface area (Å²) in [4.78, 5) is 0. The lowest BCUT2D eigenvalue weighted by atomic mass is 10.0. The van der Waals surface area contributed by atoms with E-state index in [9.17, 15) is 4.39 Å². The van der Waals surface area contributed by atoms with Crippen molar-refractivity contribution in [3.63, 3.8) is 0 Å². The predicted octanol–water partition coefficient (Wildman–Crippen LogP) is 6.01. The molecule has 1 unspecified atom stereocenters. The molecule has 0 bridgehead atoms. The monoisotopic (exact) mass is 293 g/mol. The summed E-state index contributed by atoms with van der Waals surface area (Å²) in [6, 6.07) is 7.25. The molecule has 0 aliphatic rings. The van der Waals surface area contributed by atoms with E-state index in [1.54, 1.807) is 12.1 Å². The van der Waals surface area contributed by atoms with Gasteiger partial charge >= 0.3 is 0 Å². The molecule has 1 N–H and O–H groups in total. The highest BCUT2D eigenvalue weighted by molar-refractivity contribution is 5.19. The van der Waals surface area contributed by atoms with Crippen LogP contribution in [0.3, 0.4) is 0 Å². The van der Waals surface area contributed by atoms with Gasteiger partial charge in [-0.15, -0.1) is 0 Å². The fourth-order valence-electron chi connectivity index (χ4n) is 2.76. The Hall–Kier alpha value is -0.890. The molecule has 0 aromatic heterocycles. The van der Waals surface area contributed by atoms with Gasteiger partial charge in [0.2, 0.25) is 0 Å². The van der Waals surface area contributed by atoms with Gasteiger partial charge in [-0.25, -0.2) is 4.39 Å². The third kappa shape index (κ3) is 8.21. The Bertz CT molecular complexity index is 364. The number of rotatable bonds is 12. The van der Waals surface area contributed by atoms with Crippen LogP contribution >= 0.6 is 0 Å². The van der Waals surface area contributed by atoms with E-state index < -0.39 is 0 Å². The Morgan fingerprint density at radius 2 is 1.62 bits per heavy atom. The van der Waals surface area contributed by atoms with Gasteiger partial charge in [0.05, 0.1) is 0 Å². The molecule has 2 heteroatoms. The van der Waals surface area contributed by atoms with Crippen molar-refractivity contribution in [2.45, 2.75) is 77.7 Å². The summed E-state index contributed by atoms with van der Waals surface area (Å²) >= 11 is 0. The number of benzene rings is 1. The molecule has 0 aliphatic heterocycles. The summed E-state index contributed by atoms with van der Waals surface area (Å²) < 4.78 is 13.3. The van der Waals surface area contributed by atoms with Gasteiger partial charge < -0.3 is 5.32 Å². The number of halogens is 1. The SMILES string of the molecule is CCCCCCCCCCNC(CC)c1cccc(F)c1. The molecule has 1 rings (SSSR count). The number of hydrogen-bond acceptors (Lipinski definition) is 1. The molecule has 1 atom stereocenters. The van der Waals surface area contributed by atoms with Crippen LogP contribution in [-0.4, -0.2) is 6.54 Å². The van der Waals surface area contributed by atoms with Crippen molar-refractivity contribution in [2.75, 3.05) is 6.54 Å². The molecule has 1 nitrogen and oxygen atoms in total. The number of unbranched alkanes of at least 4 members (excludes halogenated alkanes) is 7. The van der Waals surface area contributed by atoms with Gasteiger partial charge in [0.15, 0.2) is 0 Å². The molecule has 0 aliphatic carbocycles. The van der Waals surface area contributed by atoms with Crippen LogP contribution in [-0.2, 0) is 0 Å². The third-order valence-electron chi connectivity index (χ3n) is 4.08. The maximum absolute atomic E-state index is 13.3. The summed E-state index contributed by atoms with van der Waals surface area (Å²) in [7, 11) is 0. The first-order valence-electron chi connectivity index (χ1n) is 8.76. The minimum absolute atomic E-state index is 0.139. The summed E-state index contributed by atoms with van der Waals surface area (Å²) in [5.74, 6) is -0.139. The highest BCUT2D eigenvalue weighted by Crippen LogP contribution is 2.17. The largest absolute Gasteiger partial charge is 0.310 e. The third-order valence-corrected chi connectivity index (χ3v) is 4.08. The second-order valence-corrected chi connectivity index (χ2v) is 5.94. The Morgan fingerprint density at radius 1 is 0.952 bits per heavy atom. The van der Waals surface area contributed by atoms with Crippen LogP contribution < -0.4 is 5.32 Å². The average molecular weight is 293 g/mol. The first-order valence-corrected chi connectivity index (χ1v) is 8.76. The summed E-state index contributed by atoms with van der Waals surface area (Å²) in [5, 5.41) is 3.56. The van der Waals surface area contributed by atoms with Crippen LogP contribution in [0.4, 0.5) is 4.39 Å². The fourth-order valence-corrected chi connectivity index (χ4v) is 2.76. The molecule has 1 aromatic rings. The molecular formula is C19H32FN. The molecule has 0 saturated heterocycles. The normalized spacial score (nSPS) is 12.5. The van der Waals surface area contributed by atoms with Crippen LogP contribution in [0, 0.1) is 5.82 Å². The van der Waals surface area contributed by atoms with E-state index in [0.717, 1.165) is 18.5 Å². The van der Waals surface area contributed by atoms with Crippen molar-refractivity contribution < 1.29 is 4.39 Å². The van der Waals surface area contributed by atoms with Crippen LogP contribution in [0.15, 0.2) is 24.3 Å². The molecule has 21 heavy (non-hydrogen) atoms. The van der Waals surface area contributed by atoms with Crippen LogP contribution in [0.1, 0.15) is 83.2 Å². The van der Waals surface area contributed by atoms with E-state index in [4.69, 9.17) is 0 Å². The van der Waals surface area contributed by atoms with E-state index in [1.807, 2.05) is 6.07 Å². The molecule has 0 radical (unpaired) electrons. The second-order valence-electron chi connectivity index (χ2n) is 5.94. The van der Waals surface area contributed by atoms with Crippen molar-refractivity contribution in [3.8, 4) is 0 Å². The molecule has 0 fully saturated rings. The predicted molar refractivity (Wildman–Crippen MR) is 90.0 cm³/mol. The molecular weight excluding hydrogens is 261 g/mol. The number of nitrogens with one attached hydrogen (secondary N) is 1. The Kier molecular flexibility index (Phi) is 10.1. The van der Waals surface area contributed by atoms with Gasteiger partial charge in [-0.2, -0.15) is 0 Å². The zero-order valence-electron chi connectivity index (χ0n) is 13.8. The standard InChI is InChI=1S/C19H32FN/c1-3-5-6-7-8-9-10-11-15-21-19(4-2)17-13-12-14-18(20)16-17/h12-14,16,19,21H,3-11,15H2,1-2H3. The topological polar surface area (TPSA) is 12.0 Å². The van der Waals surface area contributed by atoms with Crippen molar-refractivity contribution in [3.05, 3.63) is 35.6 Å². The lowest BCUT2D eigenvalue weighted by Gasteiger charge is -2.17. The lowest BCUT2D eigenvalue weighted by molar-refractivity contribution is 0.488. The van der Waals surface area contributed by atoms with E-state index in [2.05, 4.69) is 19.2 Å². The lowest BCUT2D eigenvalue weighted by Crippen LogP contribution is -2.22. The smallest absolute Gasteiger partial charge is 0.123 e. The highest BCUT2D eigenvalue weighted by atomic mass is 19.1. The van der Waals surface area contributed by atoms with Gasteiger partial charge in [0, 0.05) is 6.04 Å². The zero-order chi connectivity index (χ0) is 15.3. The maximum atomic E-state index is 13.3. The van der Waals surface area contributed by atoms with Gasteiger partial charge in [-0.1, -0.05) is 70.9 Å². The summed E-state index contributed by atoms with van der Waals surface area (Å²) in [6.45, 7) is 5.44. The van der Waals surface area contributed by atoms with Crippen LogP contribution in [0.2, 0.25) is 0 Å². The van der Waals surface area contributed by atoms with E-state index in [0.29, 0.717) is 0 Å². The quantitative estimate of drug-likeness (QED) is 0.465. The number of hydrogen-bond donors (Lipinski definition) is 1. The van der Waals surface area contributed by atoms with Gasteiger partial charge in [0.1, 0.15) is 5.82 Å². The van der Waals surface area contributed by atoms with Gasteiger partial charge in [-0.05, 0) is 37.1 Å². The first kappa shape index (κ1) is 18.2. The van der Waals surface area contributed by atoms with E-state index >= 15 is 0 Å². The molecule has 120 valence electrons. The maximum Gasteiger partial charge on any atom is 0.123 e. The van der Waals surface area contributed by atoms with Crippen LogP contribution in [0.5, 0.6) is 0 Å². The Labute approximate surface area is 130 Å². The van der Waals surface area contributed by atoms with Crippen LogP contribution in [0.25, 0.3) is 0 Å². The first-order chi connectivity index (χ1) is 10.3. The summed E-state index contributed by atoms with van der Waals surface area (Å²) in [5.41, 5.74) is 1.07. The van der Waals surface area contributed by atoms with E-state index in [1.165, 1.54) is 57.4 Å². The Morgan fingerprint density at radius 3 is 2.24 bits per heavy atom. The summed E-state index contributed by atoms with van der Waals surface area (Å²) in [6.07, 6.45) is 11.7. The molecule has 1 aromatic carbocycles. The molecule has 0 saturated carbocycles. The Balaban J connectivity index is 2.10. The molecule has 0 spiro atoms. The van der Waals surface area contributed by atoms with Crippen molar-refractivity contribution in [2.24, 2.45) is 0 Å². The van der Waals surface area contributed by atoms with Gasteiger partial charge in [0.25, 0.3) is 0 Å². The fraction of sp³-hybridized carbons (Fsp3) is 0.684. The second kappa shape index (κ2) is 11.7. The molecule has 0 heterocycles. The minimum Gasteiger partial charge on any atom is -0.310 e.